The van der Waals surface area contributed by atoms with Crippen LogP contribution in [0.4, 0.5) is 0 Å². The first-order chi connectivity index (χ1) is 8.01. The largest absolute Gasteiger partial charge is 0.469 e. The van der Waals surface area contributed by atoms with Crippen LogP contribution in [0.3, 0.4) is 0 Å². The van der Waals surface area contributed by atoms with Gasteiger partial charge in [-0.3, -0.25) is 9.59 Å². The summed E-state index contributed by atoms with van der Waals surface area (Å²) in [7, 11) is 3.12. The van der Waals surface area contributed by atoms with Crippen LogP contribution in [0.5, 0.6) is 0 Å². The molecule has 0 spiro atoms. The van der Waals surface area contributed by atoms with E-state index in [1.165, 1.54) is 7.11 Å². The molecule has 0 aromatic heterocycles. The molecule has 5 nitrogen and oxygen atoms in total. The highest BCUT2D eigenvalue weighted by molar-refractivity contribution is 5.78. The fourth-order valence-electron chi connectivity index (χ4n) is 1.23. The molecular weight excluding hydrogens is 220 g/mol. The zero-order valence-corrected chi connectivity index (χ0v) is 11.3. The number of rotatable bonds is 8. The molecule has 100 valence electrons. The fraction of sp³-hybridized carbons (Fsp3) is 0.833. The second kappa shape index (κ2) is 8.98. The van der Waals surface area contributed by atoms with Crippen LogP contribution < -0.4 is 5.32 Å². The van der Waals surface area contributed by atoms with Gasteiger partial charge in [-0.2, -0.15) is 0 Å². The maximum Gasteiger partial charge on any atom is 0.305 e. The lowest BCUT2D eigenvalue weighted by molar-refractivity contribution is -0.141. The number of nitrogens with zero attached hydrogens (tertiary/aromatic N) is 1. The number of likely N-dealkylation sites (N-methyl/N-ethyl adjacent to an activating group) is 1. The van der Waals surface area contributed by atoms with Gasteiger partial charge < -0.3 is 15.0 Å². The second-order valence-electron chi connectivity index (χ2n) is 4.19. The van der Waals surface area contributed by atoms with Crippen LogP contribution in [0, 0.1) is 0 Å². The number of hydrogen-bond donors (Lipinski definition) is 1. The molecule has 17 heavy (non-hydrogen) atoms. The Morgan fingerprint density at radius 1 is 1.41 bits per heavy atom. The molecule has 0 fully saturated rings. The van der Waals surface area contributed by atoms with E-state index in [0.29, 0.717) is 32.0 Å². The monoisotopic (exact) mass is 244 g/mol. The highest BCUT2D eigenvalue weighted by atomic mass is 16.5. The predicted octanol–water partition coefficient (Wildman–Crippen LogP) is 0.786. The lowest BCUT2D eigenvalue weighted by Gasteiger charge is -2.18. The van der Waals surface area contributed by atoms with E-state index >= 15 is 0 Å². The van der Waals surface area contributed by atoms with Gasteiger partial charge in [-0.05, 0) is 19.8 Å². The fourth-order valence-corrected chi connectivity index (χ4v) is 1.23. The van der Waals surface area contributed by atoms with Crippen molar-refractivity contribution in [3.8, 4) is 0 Å². The Kier molecular flexibility index (Phi) is 8.40. The average molecular weight is 244 g/mol. The molecule has 1 atom stereocenters. The van der Waals surface area contributed by atoms with Gasteiger partial charge in [0, 0.05) is 26.1 Å². The summed E-state index contributed by atoms with van der Waals surface area (Å²) >= 11 is 0. The van der Waals surface area contributed by atoms with E-state index in [0.717, 1.165) is 6.42 Å². The highest BCUT2D eigenvalue weighted by Crippen LogP contribution is 1.96. The molecule has 5 heteroatoms. The molecule has 0 aliphatic carbocycles. The van der Waals surface area contributed by atoms with Crippen molar-refractivity contribution in [3.05, 3.63) is 0 Å². The molecular formula is C12H24N2O3. The van der Waals surface area contributed by atoms with E-state index in [1.807, 2.05) is 6.92 Å². The number of nitrogens with one attached hydrogen (secondary N) is 1. The van der Waals surface area contributed by atoms with E-state index in [4.69, 9.17) is 0 Å². The van der Waals surface area contributed by atoms with Gasteiger partial charge in [0.2, 0.25) is 5.91 Å². The molecule has 1 unspecified atom stereocenters. The Morgan fingerprint density at radius 2 is 2.06 bits per heavy atom. The van der Waals surface area contributed by atoms with E-state index in [-0.39, 0.29) is 11.9 Å². The van der Waals surface area contributed by atoms with Gasteiger partial charge >= 0.3 is 5.97 Å². The Bertz CT molecular complexity index is 244. The molecule has 0 saturated carbocycles. The van der Waals surface area contributed by atoms with E-state index in [2.05, 4.69) is 17.0 Å². The maximum absolute atomic E-state index is 11.7. The van der Waals surface area contributed by atoms with Crippen LogP contribution in [0.1, 0.15) is 33.1 Å². The van der Waals surface area contributed by atoms with Crippen LogP contribution >= 0.6 is 0 Å². The third kappa shape index (κ3) is 7.74. The van der Waals surface area contributed by atoms with Gasteiger partial charge in [-0.15, -0.1) is 0 Å². The Hall–Kier alpha value is -1.10. The molecule has 1 N–H and O–H groups in total. The SMILES string of the molecule is CCC(C)NCC(=O)N(C)CCCC(=O)OC. The van der Waals surface area contributed by atoms with E-state index < -0.39 is 0 Å². The van der Waals surface area contributed by atoms with Gasteiger partial charge in [-0.25, -0.2) is 0 Å². The molecule has 0 heterocycles. The van der Waals surface area contributed by atoms with Crippen molar-refractivity contribution in [1.82, 2.24) is 10.2 Å². The molecule has 0 bridgehead atoms. The van der Waals surface area contributed by atoms with Crippen LogP contribution in [-0.2, 0) is 14.3 Å². The van der Waals surface area contributed by atoms with Crippen molar-refractivity contribution in [2.24, 2.45) is 0 Å². The molecule has 0 rings (SSSR count). The first kappa shape index (κ1) is 15.9. The number of carbonyl (C=O) groups excluding carboxylic acids is 2. The molecule has 0 aliphatic heterocycles. The van der Waals surface area contributed by atoms with E-state index in [9.17, 15) is 9.59 Å². The smallest absolute Gasteiger partial charge is 0.305 e. The number of methoxy groups -OCH3 is 1. The van der Waals surface area contributed by atoms with Gasteiger partial charge in [0.05, 0.1) is 13.7 Å². The number of ether oxygens (including phenoxy) is 1. The van der Waals surface area contributed by atoms with Crippen LogP contribution in [0.25, 0.3) is 0 Å². The standard InChI is InChI=1S/C12H24N2O3/c1-5-10(2)13-9-11(15)14(3)8-6-7-12(16)17-4/h10,13H,5-9H2,1-4H3. The third-order valence-corrected chi connectivity index (χ3v) is 2.74. The summed E-state index contributed by atoms with van der Waals surface area (Å²) in [6.45, 7) is 5.05. The van der Waals surface area contributed by atoms with Gasteiger partial charge in [0.15, 0.2) is 0 Å². The topological polar surface area (TPSA) is 58.6 Å². The van der Waals surface area contributed by atoms with Crippen molar-refractivity contribution >= 4 is 11.9 Å². The lowest BCUT2D eigenvalue weighted by atomic mass is 10.2. The normalized spacial score (nSPS) is 12.0. The van der Waals surface area contributed by atoms with Crippen molar-refractivity contribution < 1.29 is 14.3 Å². The average Bonchev–Trinajstić information content (AvgIpc) is 2.34. The van der Waals surface area contributed by atoms with Crippen molar-refractivity contribution in [1.29, 1.82) is 0 Å². The molecule has 0 saturated heterocycles. The van der Waals surface area contributed by atoms with Crippen LogP contribution in [-0.4, -0.2) is 50.1 Å². The molecule has 0 aromatic rings. The summed E-state index contributed by atoms with van der Waals surface area (Å²) < 4.78 is 4.53. The molecule has 0 radical (unpaired) electrons. The summed E-state index contributed by atoms with van der Waals surface area (Å²) in [5.74, 6) is -0.182. The van der Waals surface area contributed by atoms with Crippen LogP contribution in [0.2, 0.25) is 0 Å². The van der Waals surface area contributed by atoms with E-state index in [1.54, 1.807) is 11.9 Å². The van der Waals surface area contributed by atoms with Crippen molar-refractivity contribution in [2.75, 3.05) is 27.2 Å². The van der Waals surface area contributed by atoms with Gasteiger partial charge in [-0.1, -0.05) is 6.92 Å². The minimum Gasteiger partial charge on any atom is -0.469 e. The van der Waals surface area contributed by atoms with Crippen molar-refractivity contribution in [2.45, 2.75) is 39.2 Å². The Morgan fingerprint density at radius 3 is 2.59 bits per heavy atom. The quantitative estimate of drug-likeness (QED) is 0.641. The lowest BCUT2D eigenvalue weighted by Crippen LogP contribution is -2.39. The minimum absolute atomic E-state index is 0.0511. The van der Waals surface area contributed by atoms with Crippen LogP contribution in [0.15, 0.2) is 0 Å². The number of carbonyl (C=O) groups is 2. The zero-order chi connectivity index (χ0) is 13.3. The van der Waals surface area contributed by atoms with Gasteiger partial charge in [0.1, 0.15) is 0 Å². The first-order valence-electron chi connectivity index (χ1n) is 6.05. The summed E-state index contributed by atoms with van der Waals surface area (Å²) in [6, 6.07) is 0.349. The van der Waals surface area contributed by atoms with Crippen molar-refractivity contribution in [3.63, 3.8) is 0 Å². The maximum atomic E-state index is 11.7. The second-order valence-corrected chi connectivity index (χ2v) is 4.19. The summed E-state index contributed by atoms with van der Waals surface area (Å²) in [5.41, 5.74) is 0. The molecule has 0 aliphatic rings. The summed E-state index contributed by atoms with van der Waals surface area (Å²) in [6.07, 6.45) is 1.99. The summed E-state index contributed by atoms with van der Waals surface area (Å²) in [5, 5.41) is 3.14. The number of hydrogen-bond acceptors (Lipinski definition) is 4. The molecule has 0 aromatic carbocycles. The predicted molar refractivity (Wildman–Crippen MR) is 66.6 cm³/mol. The Balaban J connectivity index is 3.71. The Labute approximate surface area is 103 Å². The van der Waals surface area contributed by atoms with Gasteiger partial charge in [0.25, 0.3) is 0 Å². The highest BCUT2D eigenvalue weighted by Gasteiger charge is 2.10. The first-order valence-corrected chi connectivity index (χ1v) is 6.05. The molecule has 1 amide bonds. The third-order valence-electron chi connectivity index (χ3n) is 2.74. The minimum atomic E-state index is -0.233. The zero-order valence-electron chi connectivity index (χ0n) is 11.3. The number of esters is 1. The number of amides is 1. The summed E-state index contributed by atoms with van der Waals surface area (Å²) in [4.78, 5) is 24.2.